The fourth-order valence-corrected chi connectivity index (χ4v) is 3.35. The highest BCUT2D eigenvalue weighted by atomic mass is 16.5. The molecular formula is C20H28N2O4. The number of hydrogen-bond acceptors (Lipinski definition) is 4. The third-order valence-electron chi connectivity index (χ3n) is 4.94. The number of hydrogen-bond donors (Lipinski definition) is 1. The number of ether oxygens (including phenoxy) is 2. The number of nitrogens with one attached hydrogen (secondary N) is 1. The zero-order valence-electron chi connectivity index (χ0n) is 15.7. The fraction of sp³-hybridized carbons (Fsp3) is 0.600. The van der Waals surface area contributed by atoms with Gasteiger partial charge in [0, 0.05) is 12.6 Å². The van der Waals surface area contributed by atoms with Crippen molar-refractivity contribution in [2.45, 2.75) is 51.3 Å². The number of carbonyl (C=O) groups excluding carboxylic acids is 2. The molecule has 0 unspecified atom stereocenters. The van der Waals surface area contributed by atoms with Gasteiger partial charge in [0.1, 0.15) is 12.4 Å². The maximum atomic E-state index is 12.8. The number of nitrogens with zero attached hydrogens (tertiary/aromatic N) is 1. The molecule has 1 saturated carbocycles. The van der Waals surface area contributed by atoms with E-state index in [1.165, 1.54) is 0 Å². The average Bonchev–Trinajstić information content (AvgIpc) is 3.46. The van der Waals surface area contributed by atoms with Crippen molar-refractivity contribution in [1.29, 1.82) is 0 Å². The van der Waals surface area contributed by atoms with Crippen molar-refractivity contribution in [3.05, 3.63) is 29.8 Å². The molecule has 1 N–H and O–H groups in total. The molecule has 1 aliphatic carbocycles. The lowest BCUT2D eigenvalue weighted by atomic mass is 9.96. The highest BCUT2D eigenvalue weighted by Crippen LogP contribution is 2.39. The first kappa shape index (κ1) is 18.7. The van der Waals surface area contributed by atoms with E-state index in [0.717, 1.165) is 30.6 Å². The largest absolute Gasteiger partial charge is 0.497 e. The molecule has 0 radical (unpaired) electrons. The normalized spacial score (nSPS) is 23.2. The van der Waals surface area contributed by atoms with Crippen LogP contribution in [0.2, 0.25) is 0 Å². The minimum atomic E-state index is -0.686. The molecule has 1 heterocycles. The fourth-order valence-electron chi connectivity index (χ4n) is 3.35. The number of benzene rings is 1. The summed E-state index contributed by atoms with van der Waals surface area (Å²) >= 11 is 0. The first-order valence-electron chi connectivity index (χ1n) is 9.35. The van der Waals surface area contributed by atoms with Crippen molar-refractivity contribution < 1.29 is 19.1 Å². The van der Waals surface area contributed by atoms with E-state index >= 15 is 0 Å². The van der Waals surface area contributed by atoms with Crippen molar-refractivity contribution in [2.75, 3.05) is 20.3 Å². The van der Waals surface area contributed by atoms with Gasteiger partial charge in [0.05, 0.1) is 13.2 Å². The van der Waals surface area contributed by atoms with Crippen LogP contribution in [-0.4, -0.2) is 49.1 Å². The Bertz CT molecular complexity index is 640. The molecule has 26 heavy (non-hydrogen) atoms. The summed E-state index contributed by atoms with van der Waals surface area (Å²) < 4.78 is 10.9. The molecule has 3 rings (SSSR count). The molecule has 0 spiro atoms. The molecule has 2 amide bonds. The van der Waals surface area contributed by atoms with E-state index in [1.807, 2.05) is 29.2 Å². The lowest BCUT2D eigenvalue weighted by Crippen LogP contribution is -2.55. The van der Waals surface area contributed by atoms with E-state index in [9.17, 15) is 9.59 Å². The molecule has 2 atom stereocenters. The second kappa shape index (κ2) is 8.08. The summed E-state index contributed by atoms with van der Waals surface area (Å²) in [5.41, 5.74) is 0.898. The van der Waals surface area contributed by atoms with Gasteiger partial charge in [0.15, 0.2) is 6.10 Å². The van der Waals surface area contributed by atoms with Crippen LogP contribution in [0, 0.1) is 5.92 Å². The van der Waals surface area contributed by atoms with Gasteiger partial charge in [0.2, 0.25) is 5.91 Å². The SMILES string of the molecule is COc1ccc([C@@H]2[C@@H](C(=O)NCCC(C)C)OCC(=O)N2C2CC2)cc1. The molecule has 1 aliphatic heterocycles. The van der Waals surface area contributed by atoms with Crippen LogP contribution in [0.1, 0.15) is 44.7 Å². The molecule has 6 nitrogen and oxygen atoms in total. The van der Waals surface area contributed by atoms with Crippen LogP contribution in [0.5, 0.6) is 5.75 Å². The zero-order valence-corrected chi connectivity index (χ0v) is 15.7. The van der Waals surface area contributed by atoms with E-state index in [2.05, 4.69) is 19.2 Å². The topological polar surface area (TPSA) is 67.9 Å². The van der Waals surface area contributed by atoms with Gasteiger partial charge >= 0.3 is 0 Å². The van der Waals surface area contributed by atoms with Gasteiger partial charge in [-0.3, -0.25) is 9.59 Å². The van der Waals surface area contributed by atoms with E-state index in [0.29, 0.717) is 12.5 Å². The minimum absolute atomic E-state index is 0.0363. The van der Waals surface area contributed by atoms with Crippen molar-refractivity contribution in [2.24, 2.45) is 5.92 Å². The Labute approximate surface area is 154 Å². The molecule has 0 aromatic heterocycles. The van der Waals surface area contributed by atoms with Crippen molar-refractivity contribution in [1.82, 2.24) is 10.2 Å². The maximum absolute atomic E-state index is 12.8. The smallest absolute Gasteiger partial charge is 0.251 e. The Morgan fingerprint density at radius 3 is 2.58 bits per heavy atom. The maximum Gasteiger partial charge on any atom is 0.251 e. The van der Waals surface area contributed by atoms with Crippen molar-refractivity contribution in [3.63, 3.8) is 0 Å². The van der Waals surface area contributed by atoms with Gasteiger partial charge in [-0.2, -0.15) is 0 Å². The number of methoxy groups -OCH3 is 1. The molecule has 0 bridgehead atoms. The summed E-state index contributed by atoms with van der Waals surface area (Å²) in [7, 11) is 1.61. The van der Waals surface area contributed by atoms with Crippen LogP contribution in [-0.2, 0) is 14.3 Å². The molecule has 6 heteroatoms. The van der Waals surface area contributed by atoms with Gasteiger partial charge < -0.3 is 19.7 Å². The van der Waals surface area contributed by atoms with Gasteiger partial charge in [0.25, 0.3) is 5.91 Å². The van der Waals surface area contributed by atoms with Crippen LogP contribution < -0.4 is 10.1 Å². The summed E-state index contributed by atoms with van der Waals surface area (Å²) in [6.07, 6.45) is 2.20. The highest BCUT2D eigenvalue weighted by molar-refractivity contribution is 5.86. The van der Waals surface area contributed by atoms with Gasteiger partial charge in [-0.1, -0.05) is 26.0 Å². The summed E-state index contributed by atoms with van der Waals surface area (Å²) in [4.78, 5) is 27.1. The zero-order chi connectivity index (χ0) is 18.7. The van der Waals surface area contributed by atoms with Crippen LogP contribution in [0.25, 0.3) is 0 Å². The predicted molar refractivity (Wildman–Crippen MR) is 97.8 cm³/mol. The van der Waals surface area contributed by atoms with E-state index in [-0.39, 0.29) is 24.5 Å². The second-order valence-electron chi connectivity index (χ2n) is 7.46. The molecule has 142 valence electrons. The molecule has 2 fully saturated rings. The Hall–Kier alpha value is -2.08. The monoisotopic (exact) mass is 360 g/mol. The van der Waals surface area contributed by atoms with Crippen LogP contribution in [0.3, 0.4) is 0 Å². The quantitative estimate of drug-likeness (QED) is 0.810. The second-order valence-corrected chi connectivity index (χ2v) is 7.46. The first-order chi connectivity index (χ1) is 12.5. The summed E-state index contributed by atoms with van der Waals surface area (Å²) in [5.74, 6) is 1.07. The van der Waals surface area contributed by atoms with Crippen molar-refractivity contribution >= 4 is 11.8 Å². The Morgan fingerprint density at radius 1 is 1.31 bits per heavy atom. The van der Waals surface area contributed by atoms with Crippen LogP contribution >= 0.6 is 0 Å². The molecule has 1 aromatic rings. The lowest BCUT2D eigenvalue weighted by molar-refractivity contribution is -0.165. The standard InChI is InChI=1S/C20H28N2O4/c1-13(2)10-11-21-20(24)19-18(14-4-8-16(25-3)9-5-14)22(15-6-7-15)17(23)12-26-19/h4-5,8-9,13,15,18-19H,6-7,10-12H2,1-3H3,(H,21,24)/t18-,19+/m1/s1. The first-order valence-corrected chi connectivity index (χ1v) is 9.35. The predicted octanol–water partition coefficient (Wildman–Crippen LogP) is 2.29. The molecular weight excluding hydrogens is 332 g/mol. The Morgan fingerprint density at radius 2 is 2.00 bits per heavy atom. The Kier molecular flexibility index (Phi) is 5.81. The third-order valence-corrected chi connectivity index (χ3v) is 4.94. The number of morpholine rings is 1. The Balaban J connectivity index is 1.82. The highest BCUT2D eigenvalue weighted by Gasteiger charge is 2.47. The minimum Gasteiger partial charge on any atom is -0.497 e. The summed E-state index contributed by atoms with van der Waals surface area (Å²) in [6, 6.07) is 7.35. The molecule has 2 aliphatic rings. The van der Waals surface area contributed by atoms with Crippen LogP contribution in [0.4, 0.5) is 0 Å². The lowest BCUT2D eigenvalue weighted by Gasteiger charge is -2.40. The number of rotatable bonds is 7. The number of carbonyl (C=O) groups is 2. The van der Waals surface area contributed by atoms with Gasteiger partial charge in [-0.05, 0) is 42.9 Å². The summed E-state index contributed by atoms with van der Waals surface area (Å²) in [6.45, 7) is 4.82. The van der Waals surface area contributed by atoms with Crippen molar-refractivity contribution in [3.8, 4) is 5.75 Å². The van der Waals surface area contributed by atoms with E-state index in [1.54, 1.807) is 7.11 Å². The molecule has 1 saturated heterocycles. The van der Waals surface area contributed by atoms with Gasteiger partial charge in [-0.15, -0.1) is 0 Å². The average molecular weight is 360 g/mol. The van der Waals surface area contributed by atoms with E-state index in [4.69, 9.17) is 9.47 Å². The summed E-state index contributed by atoms with van der Waals surface area (Å²) in [5, 5.41) is 2.97. The molecule has 1 aromatic carbocycles. The third kappa shape index (κ3) is 4.18. The van der Waals surface area contributed by atoms with Gasteiger partial charge in [-0.25, -0.2) is 0 Å². The number of amides is 2. The van der Waals surface area contributed by atoms with Crippen LogP contribution in [0.15, 0.2) is 24.3 Å². The van der Waals surface area contributed by atoms with E-state index < -0.39 is 12.1 Å².